The summed E-state index contributed by atoms with van der Waals surface area (Å²) in [6.07, 6.45) is 0. The zero-order chi connectivity index (χ0) is 24.5. The molecule has 2 N–H and O–H groups in total. The molecule has 6 nitrogen and oxygen atoms in total. The molecule has 0 heterocycles. The van der Waals surface area contributed by atoms with E-state index in [1.165, 1.54) is 12.1 Å². The summed E-state index contributed by atoms with van der Waals surface area (Å²) in [7, 11) is 0. The van der Waals surface area contributed by atoms with E-state index in [-0.39, 0.29) is 11.5 Å². The molecule has 0 unspecified atom stereocenters. The van der Waals surface area contributed by atoms with Crippen LogP contribution in [0, 0.1) is 0 Å². The monoisotopic (exact) mass is 468 g/mol. The van der Waals surface area contributed by atoms with Gasteiger partial charge in [-0.25, -0.2) is 0 Å². The molecule has 0 aromatic heterocycles. The lowest BCUT2D eigenvalue weighted by atomic mass is 10.0. The number of rotatable bonds is 4. The lowest BCUT2D eigenvalue weighted by molar-refractivity contribution is 0.476. The normalized spacial score (nSPS) is 11.9. The summed E-state index contributed by atoms with van der Waals surface area (Å²) in [5.41, 5.74) is 2.19. The predicted octanol–water partition coefficient (Wildman–Crippen LogP) is 9.39. The third-order valence-corrected chi connectivity index (χ3v) is 6.09. The van der Waals surface area contributed by atoms with Crippen LogP contribution in [0.15, 0.2) is 130 Å². The molecule has 6 heteroatoms. The molecule has 6 aromatic rings. The number of benzene rings is 6. The topological polar surface area (TPSA) is 89.9 Å². The fraction of sp³-hybridized carbons (Fsp3) is 0. The zero-order valence-corrected chi connectivity index (χ0v) is 19.1. The molecule has 0 bridgehead atoms. The average Bonchev–Trinajstić information content (AvgIpc) is 2.92. The molecule has 0 saturated carbocycles. The molecule has 0 aliphatic heterocycles. The van der Waals surface area contributed by atoms with Crippen molar-refractivity contribution in [3.63, 3.8) is 0 Å². The maximum Gasteiger partial charge on any atom is 0.125 e. The van der Waals surface area contributed by atoms with Crippen molar-refractivity contribution in [2.24, 2.45) is 20.5 Å². The molecule has 6 aromatic carbocycles. The Hall–Kier alpha value is -5.10. The summed E-state index contributed by atoms with van der Waals surface area (Å²) in [6.45, 7) is 0. The van der Waals surface area contributed by atoms with E-state index < -0.39 is 0 Å². The highest BCUT2D eigenvalue weighted by Crippen LogP contribution is 2.44. The van der Waals surface area contributed by atoms with E-state index in [0.717, 1.165) is 21.5 Å². The molecule has 0 atom stereocenters. The van der Waals surface area contributed by atoms with Gasteiger partial charge in [0, 0.05) is 0 Å². The summed E-state index contributed by atoms with van der Waals surface area (Å²) in [4.78, 5) is 0. The van der Waals surface area contributed by atoms with Crippen molar-refractivity contribution in [1.82, 2.24) is 0 Å². The number of fused-ring (bicyclic) bond motifs is 3. The van der Waals surface area contributed by atoms with Crippen molar-refractivity contribution in [1.29, 1.82) is 0 Å². The van der Waals surface area contributed by atoms with E-state index in [9.17, 15) is 10.2 Å². The van der Waals surface area contributed by atoms with Gasteiger partial charge in [0.2, 0.25) is 0 Å². The van der Waals surface area contributed by atoms with Crippen LogP contribution < -0.4 is 0 Å². The van der Waals surface area contributed by atoms with E-state index >= 15 is 0 Å². The Morgan fingerprint density at radius 2 is 0.806 bits per heavy atom. The van der Waals surface area contributed by atoms with Crippen LogP contribution in [0.2, 0.25) is 0 Å². The van der Waals surface area contributed by atoms with Crippen molar-refractivity contribution in [3.05, 3.63) is 109 Å². The second-order valence-corrected chi connectivity index (χ2v) is 8.42. The van der Waals surface area contributed by atoms with Gasteiger partial charge in [-0.3, -0.25) is 0 Å². The van der Waals surface area contributed by atoms with Gasteiger partial charge in [-0.15, -0.1) is 10.2 Å². The number of phenols is 2. The van der Waals surface area contributed by atoms with Gasteiger partial charge in [-0.05, 0) is 70.1 Å². The van der Waals surface area contributed by atoms with Crippen LogP contribution in [0.25, 0.3) is 32.3 Å². The summed E-state index contributed by atoms with van der Waals surface area (Å²) < 4.78 is 0. The van der Waals surface area contributed by atoms with E-state index in [1.807, 2.05) is 84.9 Å². The zero-order valence-electron chi connectivity index (χ0n) is 19.1. The van der Waals surface area contributed by atoms with Crippen molar-refractivity contribution in [2.45, 2.75) is 0 Å². The number of hydrogen-bond donors (Lipinski definition) is 2. The number of azo groups is 2. The standard InChI is InChI=1S/C30H20N4O2/c35-27-16-14-26(34-32-24-12-10-20-6-2-4-8-22(20)18-24)30-28(36)15-13-25(29(27)30)33-31-23-11-9-19-5-1-3-7-21(19)17-23/h1-18,35-36H. The second-order valence-electron chi connectivity index (χ2n) is 8.42. The lowest BCUT2D eigenvalue weighted by Crippen LogP contribution is -1.79. The Balaban J connectivity index is 1.40. The number of nitrogens with zero attached hydrogens (tertiary/aromatic N) is 4. The highest BCUT2D eigenvalue weighted by Gasteiger charge is 2.14. The average molecular weight is 469 g/mol. The van der Waals surface area contributed by atoms with E-state index in [1.54, 1.807) is 12.1 Å². The predicted molar refractivity (Wildman–Crippen MR) is 144 cm³/mol. The van der Waals surface area contributed by atoms with Crippen molar-refractivity contribution >= 4 is 55.1 Å². The highest BCUT2D eigenvalue weighted by molar-refractivity contribution is 6.06. The third-order valence-electron chi connectivity index (χ3n) is 6.09. The Morgan fingerprint density at radius 3 is 1.25 bits per heavy atom. The molecule has 36 heavy (non-hydrogen) atoms. The van der Waals surface area contributed by atoms with Crippen LogP contribution in [-0.2, 0) is 0 Å². The largest absolute Gasteiger partial charge is 0.507 e. The smallest absolute Gasteiger partial charge is 0.125 e. The van der Waals surface area contributed by atoms with Crippen molar-refractivity contribution < 1.29 is 10.2 Å². The van der Waals surface area contributed by atoms with Crippen LogP contribution in [-0.4, -0.2) is 10.2 Å². The van der Waals surface area contributed by atoms with Crippen LogP contribution in [0.5, 0.6) is 11.5 Å². The minimum Gasteiger partial charge on any atom is -0.507 e. The van der Waals surface area contributed by atoms with Crippen LogP contribution in [0.4, 0.5) is 22.7 Å². The van der Waals surface area contributed by atoms with Crippen molar-refractivity contribution in [3.8, 4) is 11.5 Å². The lowest BCUT2D eigenvalue weighted by Gasteiger charge is -2.08. The van der Waals surface area contributed by atoms with E-state index in [2.05, 4.69) is 20.5 Å². The fourth-order valence-electron chi connectivity index (χ4n) is 4.29. The van der Waals surface area contributed by atoms with Gasteiger partial charge in [0.1, 0.15) is 11.5 Å². The molecule has 0 aliphatic rings. The molecule has 0 spiro atoms. The minimum absolute atomic E-state index is 0.0296. The van der Waals surface area contributed by atoms with Crippen LogP contribution in [0.3, 0.4) is 0 Å². The third kappa shape index (κ3) is 4.01. The summed E-state index contributed by atoms with van der Waals surface area (Å²) in [5, 5.41) is 43.9. The maximum atomic E-state index is 10.7. The minimum atomic E-state index is -0.0296. The van der Waals surface area contributed by atoms with Gasteiger partial charge in [0.25, 0.3) is 0 Å². The highest BCUT2D eigenvalue weighted by atomic mass is 16.3. The molecule has 0 radical (unpaired) electrons. The number of aromatic hydroxyl groups is 2. The molecule has 6 rings (SSSR count). The van der Waals surface area contributed by atoms with E-state index in [4.69, 9.17) is 0 Å². The molecule has 172 valence electrons. The fourth-order valence-corrected chi connectivity index (χ4v) is 4.29. The van der Waals surface area contributed by atoms with Crippen LogP contribution in [0.1, 0.15) is 0 Å². The van der Waals surface area contributed by atoms with Gasteiger partial charge >= 0.3 is 0 Å². The van der Waals surface area contributed by atoms with Gasteiger partial charge in [-0.1, -0.05) is 60.7 Å². The number of hydrogen-bond acceptors (Lipinski definition) is 6. The second kappa shape index (κ2) is 8.92. The Labute approximate surface area is 206 Å². The van der Waals surface area contributed by atoms with Gasteiger partial charge in [-0.2, -0.15) is 10.2 Å². The Kier molecular flexibility index (Phi) is 5.31. The number of phenolic OH excluding ortho intramolecular Hbond substituents is 2. The van der Waals surface area contributed by atoms with Gasteiger partial charge < -0.3 is 10.2 Å². The van der Waals surface area contributed by atoms with Gasteiger partial charge in [0.05, 0.1) is 33.5 Å². The molecule has 0 saturated heterocycles. The van der Waals surface area contributed by atoms with E-state index in [0.29, 0.717) is 33.5 Å². The summed E-state index contributed by atoms with van der Waals surface area (Å²) >= 11 is 0. The first kappa shape index (κ1) is 21.4. The molecular formula is C30H20N4O2. The maximum absolute atomic E-state index is 10.7. The molecular weight excluding hydrogens is 448 g/mol. The first-order chi connectivity index (χ1) is 17.7. The first-order valence-electron chi connectivity index (χ1n) is 11.4. The van der Waals surface area contributed by atoms with Crippen molar-refractivity contribution in [2.75, 3.05) is 0 Å². The SMILES string of the molecule is Oc1ccc(N=Nc2ccc3ccccc3c2)c2c(O)ccc(N=Nc3ccc4ccccc4c3)c12. The quantitative estimate of drug-likeness (QED) is 0.252. The summed E-state index contributed by atoms with van der Waals surface area (Å²) in [5.74, 6) is -0.0592. The Morgan fingerprint density at radius 1 is 0.389 bits per heavy atom. The van der Waals surface area contributed by atoms with Crippen LogP contribution >= 0.6 is 0 Å². The molecule has 0 amide bonds. The summed E-state index contributed by atoms with van der Waals surface area (Å²) in [6, 6.07) is 34.0. The molecule has 0 fully saturated rings. The first-order valence-corrected chi connectivity index (χ1v) is 11.4. The van der Waals surface area contributed by atoms with Gasteiger partial charge in [0.15, 0.2) is 0 Å². The molecule has 0 aliphatic carbocycles. The Bertz CT molecular complexity index is 1690.